The molecule has 0 aliphatic rings. The number of imidazole rings is 1. The van der Waals surface area contributed by atoms with Crippen molar-refractivity contribution < 1.29 is 5.11 Å². The topological polar surface area (TPSA) is 64.1 Å². The molecule has 0 saturated heterocycles. The summed E-state index contributed by atoms with van der Waals surface area (Å²) in [7, 11) is 0. The van der Waals surface area contributed by atoms with E-state index >= 15 is 0 Å². The molecule has 1 aromatic carbocycles. The number of aliphatic hydroxyl groups excluding tert-OH is 1. The van der Waals surface area contributed by atoms with Crippen molar-refractivity contribution in [3.05, 3.63) is 54.1 Å². The number of hydrogen-bond donors (Lipinski definition) is 2. The Morgan fingerprint density at radius 2 is 2.06 bits per heavy atom. The Morgan fingerprint density at radius 1 is 1.35 bits per heavy atom. The molecular weight excluding hydrogens is 214 g/mol. The van der Waals surface area contributed by atoms with E-state index in [-0.39, 0.29) is 0 Å². The van der Waals surface area contributed by atoms with Crippen molar-refractivity contribution >= 4 is 0 Å². The number of rotatable bonds is 4. The van der Waals surface area contributed by atoms with E-state index in [1.807, 2.05) is 41.8 Å². The predicted octanol–water partition coefficient (Wildman–Crippen LogP) is 1.64. The van der Waals surface area contributed by atoms with Crippen molar-refractivity contribution in [2.75, 3.05) is 0 Å². The Morgan fingerprint density at radius 3 is 2.71 bits per heavy atom. The normalized spacial score (nSPS) is 14.5. The molecular formula is C13H17N3O. The van der Waals surface area contributed by atoms with Crippen molar-refractivity contribution in [3.8, 4) is 0 Å². The zero-order valence-electron chi connectivity index (χ0n) is 9.82. The third-order valence-electron chi connectivity index (χ3n) is 2.91. The van der Waals surface area contributed by atoms with Gasteiger partial charge in [-0.3, -0.25) is 0 Å². The zero-order valence-corrected chi connectivity index (χ0v) is 9.82. The molecule has 90 valence electrons. The summed E-state index contributed by atoms with van der Waals surface area (Å²) in [6.07, 6.45) is 2.63. The molecule has 2 atom stereocenters. The Hall–Kier alpha value is -1.65. The Labute approximate surface area is 101 Å². The molecule has 3 N–H and O–H groups in total. The van der Waals surface area contributed by atoms with E-state index < -0.39 is 12.1 Å². The van der Waals surface area contributed by atoms with E-state index in [2.05, 4.69) is 4.98 Å². The first-order chi connectivity index (χ1) is 8.24. The summed E-state index contributed by atoms with van der Waals surface area (Å²) in [6, 6.07) is 9.16. The van der Waals surface area contributed by atoms with Gasteiger partial charge in [-0.1, -0.05) is 30.3 Å². The van der Waals surface area contributed by atoms with Gasteiger partial charge in [0, 0.05) is 6.54 Å². The van der Waals surface area contributed by atoms with Crippen LogP contribution in [0.1, 0.15) is 30.3 Å². The molecule has 0 amide bonds. The van der Waals surface area contributed by atoms with Crippen molar-refractivity contribution in [2.45, 2.75) is 25.6 Å². The van der Waals surface area contributed by atoms with Crippen LogP contribution in [0.15, 0.2) is 42.9 Å². The lowest BCUT2D eigenvalue weighted by atomic mass is 10.0. The molecule has 0 fully saturated rings. The third kappa shape index (κ3) is 2.38. The van der Waals surface area contributed by atoms with E-state index in [0.717, 1.165) is 17.8 Å². The minimum atomic E-state index is -0.736. The molecule has 2 unspecified atom stereocenters. The van der Waals surface area contributed by atoms with Gasteiger partial charge >= 0.3 is 0 Å². The average molecular weight is 231 g/mol. The summed E-state index contributed by atoms with van der Waals surface area (Å²) in [5.41, 5.74) is 7.74. The molecule has 2 rings (SSSR count). The second-order valence-corrected chi connectivity index (χ2v) is 3.99. The highest BCUT2D eigenvalue weighted by molar-refractivity contribution is 5.22. The summed E-state index contributed by atoms with van der Waals surface area (Å²) >= 11 is 0. The van der Waals surface area contributed by atoms with Crippen LogP contribution in [0.25, 0.3) is 0 Å². The SMILES string of the molecule is CCn1cncc1C(O)C(N)c1ccccc1. The largest absolute Gasteiger partial charge is 0.385 e. The fourth-order valence-electron chi connectivity index (χ4n) is 1.88. The van der Waals surface area contributed by atoms with Crippen molar-refractivity contribution in [1.82, 2.24) is 9.55 Å². The smallest absolute Gasteiger partial charge is 0.115 e. The summed E-state index contributed by atoms with van der Waals surface area (Å²) in [6.45, 7) is 2.78. The monoisotopic (exact) mass is 231 g/mol. The van der Waals surface area contributed by atoms with Crippen molar-refractivity contribution in [2.24, 2.45) is 5.73 Å². The maximum atomic E-state index is 10.3. The summed E-state index contributed by atoms with van der Waals surface area (Å²) in [5, 5.41) is 10.3. The Kier molecular flexibility index (Phi) is 3.56. The average Bonchev–Trinajstić information content (AvgIpc) is 2.86. The highest BCUT2D eigenvalue weighted by Gasteiger charge is 2.21. The van der Waals surface area contributed by atoms with E-state index in [1.54, 1.807) is 12.5 Å². The Bertz CT molecular complexity index is 467. The van der Waals surface area contributed by atoms with Crippen LogP contribution < -0.4 is 5.73 Å². The molecule has 0 aliphatic heterocycles. The highest BCUT2D eigenvalue weighted by atomic mass is 16.3. The van der Waals surface area contributed by atoms with Crippen LogP contribution in [0.4, 0.5) is 0 Å². The molecule has 0 saturated carbocycles. The number of hydrogen-bond acceptors (Lipinski definition) is 3. The third-order valence-corrected chi connectivity index (χ3v) is 2.91. The number of nitrogens with two attached hydrogens (primary N) is 1. The van der Waals surface area contributed by atoms with Crippen LogP contribution in [-0.2, 0) is 6.54 Å². The second kappa shape index (κ2) is 5.12. The maximum Gasteiger partial charge on any atom is 0.115 e. The van der Waals surface area contributed by atoms with Gasteiger partial charge in [0.25, 0.3) is 0 Å². The fourth-order valence-corrected chi connectivity index (χ4v) is 1.88. The van der Waals surface area contributed by atoms with Crippen LogP contribution in [0.3, 0.4) is 0 Å². The van der Waals surface area contributed by atoms with Gasteiger partial charge in [0.1, 0.15) is 6.10 Å². The standard InChI is InChI=1S/C13H17N3O/c1-2-16-9-15-8-11(16)13(17)12(14)10-6-4-3-5-7-10/h3-9,12-13,17H,2,14H2,1H3. The van der Waals surface area contributed by atoms with Gasteiger partial charge in [-0.25, -0.2) is 4.98 Å². The second-order valence-electron chi connectivity index (χ2n) is 3.99. The summed E-state index contributed by atoms with van der Waals surface area (Å²) in [5.74, 6) is 0. The van der Waals surface area contributed by atoms with E-state index in [1.165, 1.54) is 0 Å². The van der Waals surface area contributed by atoms with E-state index in [0.29, 0.717) is 0 Å². The lowest BCUT2D eigenvalue weighted by Crippen LogP contribution is -2.21. The molecule has 0 bridgehead atoms. The molecule has 2 aromatic rings. The quantitative estimate of drug-likeness (QED) is 0.840. The van der Waals surface area contributed by atoms with E-state index in [9.17, 15) is 5.11 Å². The lowest BCUT2D eigenvalue weighted by molar-refractivity contribution is 0.138. The molecule has 0 radical (unpaired) electrons. The van der Waals surface area contributed by atoms with Gasteiger partial charge in [0.2, 0.25) is 0 Å². The van der Waals surface area contributed by atoms with Crippen LogP contribution >= 0.6 is 0 Å². The fraction of sp³-hybridized carbons (Fsp3) is 0.308. The minimum Gasteiger partial charge on any atom is -0.385 e. The molecule has 4 nitrogen and oxygen atoms in total. The predicted molar refractivity (Wildman–Crippen MR) is 66.2 cm³/mol. The van der Waals surface area contributed by atoms with Crippen LogP contribution in [-0.4, -0.2) is 14.7 Å². The van der Waals surface area contributed by atoms with Gasteiger partial charge in [-0.05, 0) is 12.5 Å². The molecule has 1 aromatic heterocycles. The van der Waals surface area contributed by atoms with Crippen LogP contribution in [0, 0.1) is 0 Å². The molecule has 0 spiro atoms. The minimum absolute atomic E-state index is 0.432. The molecule has 0 aliphatic carbocycles. The number of aliphatic hydroxyl groups is 1. The van der Waals surface area contributed by atoms with Gasteiger partial charge in [-0.15, -0.1) is 0 Å². The van der Waals surface area contributed by atoms with Gasteiger partial charge in [0.15, 0.2) is 0 Å². The van der Waals surface area contributed by atoms with Crippen molar-refractivity contribution in [3.63, 3.8) is 0 Å². The van der Waals surface area contributed by atoms with Gasteiger partial charge in [-0.2, -0.15) is 0 Å². The molecule has 17 heavy (non-hydrogen) atoms. The number of aromatic nitrogens is 2. The first-order valence-corrected chi connectivity index (χ1v) is 5.72. The molecule has 4 heteroatoms. The maximum absolute atomic E-state index is 10.3. The lowest BCUT2D eigenvalue weighted by Gasteiger charge is -2.20. The number of aryl methyl sites for hydroxylation is 1. The summed E-state index contributed by atoms with van der Waals surface area (Å²) < 4.78 is 1.90. The van der Waals surface area contributed by atoms with Gasteiger partial charge in [0.05, 0.1) is 24.3 Å². The first kappa shape index (κ1) is 11.8. The van der Waals surface area contributed by atoms with Crippen molar-refractivity contribution in [1.29, 1.82) is 0 Å². The molecule has 1 heterocycles. The summed E-state index contributed by atoms with van der Waals surface area (Å²) in [4.78, 5) is 4.04. The zero-order chi connectivity index (χ0) is 12.3. The Balaban J connectivity index is 2.23. The van der Waals surface area contributed by atoms with Gasteiger partial charge < -0.3 is 15.4 Å². The van der Waals surface area contributed by atoms with Crippen LogP contribution in [0.5, 0.6) is 0 Å². The number of nitrogens with zero attached hydrogens (tertiary/aromatic N) is 2. The van der Waals surface area contributed by atoms with Crippen LogP contribution in [0.2, 0.25) is 0 Å². The number of benzene rings is 1. The van der Waals surface area contributed by atoms with E-state index in [4.69, 9.17) is 5.73 Å². The first-order valence-electron chi connectivity index (χ1n) is 5.72. The highest BCUT2D eigenvalue weighted by Crippen LogP contribution is 2.26.